The summed E-state index contributed by atoms with van der Waals surface area (Å²) in [5.41, 5.74) is 0. The van der Waals surface area contributed by atoms with Gasteiger partial charge < -0.3 is 10.6 Å². The van der Waals surface area contributed by atoms with Crippen LogP contribution in [0.1, 0.15) is 39.5 Å². The summed E-state index contributed by atoms with van der Waals surface area (Å²) in [6, 6.07) is 1.59. The van der Waals surface area contributed by atoms with Crippen molar-refractivity contribution in [3.63, 3.8) is 0 Å². The Labute approximate surface area is 76.1 Å². The number of hydrogen-bond donors (Lipinski definition) is 2. The van der Waals surface area contributed by atoms with Gasteiger partial charge in [-0.05, 0) is 52.6 Å². The van der Waals surface area contributed by atoms with Crippen LogP contribution in [-0.2, 0) is 0 Å². The minimum absolute atomic E-state index is 0.796. The van der Waals surface area contributed by atoms with Crippen LogP contribution in [-0.4, -0.2) is 25.2 Å². The predicted octanol–water partition coefficient (Wildman–Crippen LogP) is 1.52. The Kier molecular flexibility index (Phi) is 4.62. The first-order chi connectivity index (χ1) is 5.79. The standard InChI is InChI=1S/2C5H11N/c2*1-5-3-2-4-6-5/h2*5-6H,2-4H2,1H3/t2*5-/m10/s1. The monoisotopic (exact) mass is 170 g/mol. The van der Waals surface area contributed by atoms with Gasteiger partial charge >= 0.3 is 0 Å². The van der Waals surface area contributed by atoms with E-state index in [1.807, 2.05) is 0 Å². The summed E-state index contributed by atoms with van der Waals surface area (Å²) >= 11 is 0. The van der Waals surface area contributed by atoms with Gasteiger partial charge in [-0.15, -0.1) is 0 Å². The Morgan fingerprint density at radius 3 is 1.33 bits per heavy atom. The van der Waals surface area contributed by atoms with E-state index in [-0.39, 0.29) is 0 Å². The predicted molar refractivity (Wildman–Crippen MR) is 53.4 cm³/mol. The molecule has 2 N–H and O–H groups in total. The lowest BCUT2D eigenvalue weighted by molar-refractivity contribution is 0.664. The van der Waals surface area contributed by atoms with Crippen LogP contribution in [0, 0.1) is 0 Å². The molecule has 2 fully saturated rings. The molecule has 2 aliphatic rings. The van der Waals surface area contributed by atoms with Crippen LogP contribution in [0.5, 0.6) is 0 Å². The van der Waals surface area contributed by atoms with Crippen LogP contribution in [0.3, 0.4) is 0 Å². The molecule has 2 rings (SSSR count). The molecule has 0 unspecified atom stereocenters. The first kappa shape index (κ1) is 10.0. The lowest BCUT2D eigenvalue weighted by Crippen LogP contribution is -2.16. The third kappa shape index (κ3) is 4.07. The highest BCUT2D eigenvalue weighted by Crippen LogP contribution is 2.01. The SMILES string of the molecule is C[C@@H]1CCCN1.C[C@H]1CCCN1. The van der Waals surface area contributed by atoms with Crippen molar-refractivity contribution < 1.29 is 0 Å². The number of nitrogens with one attached hydrogen (secondary N) is 2. The molecule has 0 aliphatic carbocycles. The summed E-state index contributed by atoms with van der Waals surface area (Å²) in [4.78, 5) is 0. The van der Waals surface area contributed by atoms with Gasteiger partial charge in [0.25, 0.3) is 0 Å². The smallest absolute Gasteiger partial charge is 0.00391 e. The van der Waals surface area contributed by atoms with Gasteiger partial charge in [0.15, 0.2) is 0 Å². The third-order valence-corrected chi connectivity index (χ3v) is 2.61. The van der Waals surface area contributed by atoms with Crippen LogP contribution < -0.4 is 10.6 Å². The molecule has 72 valence electrons. The Hall–Kier alpha value is -0.0800. The van der Waals surface area contributed by atoms with Crippen molar-refractivity contribution in [1.29, 1.82) is 0 Å². The average molecular weight is 170 g/mol. The molecular formula is C10H22N2. The van der Waals surface area contributed by atoms with Crippen molar-refractivity contribution in [1.82, 2.24) is 10.6 Å². The van der Waals surface area contributed by atoms with Crippen molar-refractivity contribution in [3.8, 4) is 0 Å². The molecular weight excluding hydrogens is 148 g/mol. The molecule has 0 amide bonds. The molecule has 2 atom stereocenters. The van der Waals surface area contributed by atoms with Crippen molar-refractivity contribution in [2.45, 2.75) is 51.6 Å². The molecule has 0 saturated carbocycles. The molecule has 2 heterocycles. The number of rotatable bonds is 0. The molecule has 0 radical (unpaired) electrons. The molecule has 12 heavy (non-hydrogen) atoms. The Balaban J connectivity index is 0.000000120. The Bertz CT molecular complexity index is 88.4. The maximum Gasteiger partial charge on any atom is 0.00391 e. The molecule has 2 nitrogen and oxygen atoms in total. The van der Waals surface area contributed by atoms with Gasteiger partial charge in [-0.1, -0.05) is 0 Å². The third-order valence-electron chi connectivity index (χ3n) is 2.61. The summed E-state index contributed by atoms with van der Waals surface area (Å²) in [5.74, 6) is 0. The van der Waals surface area contributed by atoms with Gasteiger partial charge in [0.2, 0.25) is 0 Å². The minimum atomic E-state index is 0.796. The van der Waals surface area contributed by atoms with E-state index in [9.17, 15) is 0 Å². The normalized spacial score (nSPS) is 34.5. The van der Waals surface area contributed by atoms with Gasteiger partial charge in [0.1, 0.15) is 0 Å². The lowest BCUT2D eigenvalue weighted by atomic mass is 10.3. The topological polar surface area (TPSA) is 24.1 Å². The summed E-state index contributed by atoms with van der Waals surface area (Å²) < 4.78 is 0. The maximum atomic E-state index is 3.32. The van der Waals surface area contributed by atoms with E-state index in [1.165, 1.54) is 38.8 Å². The molecule has 0 aromatic heterocycles. The van der Waals surface area contributed by atoms with Gasteiger partial charge in [-0.25, -0.2) is 0 Å². The lowest BCUT2D eigenvalue weighted by Gasteiger charge is -1.95. The zero-order valence-electron chi connectivity index (χ0n) is 8.40. The van der Waals surface area contributed by atoms with Crippen LogP contribution in [0.2, 0.25) is 0 Å². The van der Waals surface area contributed by atoms with E-state index >= 15 is 0 Å². The second-order valence-electron chi connectivity index (χ2n) is 3.99. The van der Waals surface area contributed by atoms with Gasteiger partial charge in [0.05, 0.1) is 0 Å². The molecule has 2 saturated heterocycles. The zero-order chi connectivity index (χ0) is 8.81. The molecule has 0 aromatic carbocycles. The molecule has 0 aromatic rings. The molecule has 0 spiro atoms. The highest BCUT2D eigenvalue weighted by Gasteiger charge is 2.06. The van der Waals surface area contributed by atoms with Gasteiger partial charge in [-0.2, -0.15) is 0 Å². The Morgan fingerprint density at radius 1 is 0.833 bits per heavy atom. The highest BCUT2D eigenvalue weighted by molar-refractivity contribution is 4.68. The molecule has 2 aliphatic heterocycles. The van der Waals surface area contributed by atoms with Crippen molar-refractivity contribution >= 4 is 0 Å². The van der Waals surface area contributed by atoms with Crippen molar-refractivity contribution in [3.05, 3.63) is 0 Å². The Morgan fingerprint density at radius 2 is 1.25 bits per heavy atom. The van der Waals surface area contributed by atoms with E-state index in [0.717, 1.165) is 12.1 Å². The van der Waals surface area contributed by atoms with E-state index in [2.05, 4.69) is 24.5 Å². The summed E-state index contributed by atoms with van der Waals surface area (Å²) in [6.07, 6.45) is 5.50. The summed E-state index contributed by atoms with van der Waals surface area (Å²) in [5, 5.41) is 6.64. The van der Waals surface area contributed by atoms with Crippen molar-refractivity contribution in [2.24, 2.45) is 0 Å². The van der Waals surface area contributed by atoms with Gasteiger partial charge in [0, 0.05) is 12.1 Å². The molecule has 0 bridgehead atoms. The fourth-order valence-electron chi connectivity index (χ4n) is 1.72. The minimum Gasteiger partial charge on any atom is -0.314 e. The fourth-order valence-corrected chi connectivity index (χ4v) is 1.72. The van der Waals surface area contributed by atoms with Crippen molar-refractivity contribution in [2.75, 3.05) is 13.1 Å². The quantitative estimate of drug-likeness (QED) is 0.576. The van der Waals surface area contributed by atoms with E-state index < -0.39 is 0 Å². The summed E-state index contributed by atoms with van der Waals surface area (Å²) in [6.45, 7) is 6.93. The van der Waals surface area contributed by atoms with Gasteiger partial charge in [-0.3, -0.25) is 0 Å². The van der Waals surface area contributed by atoms with Crippen LogP contribution in [0.4, 0.5) is 0 Å². The van der Waals surface area contributed by atoms with E-state index in [1.54, 1.807) is 0 Å². The zero-order valence-corrected chi connectivity index (χ0v) is 8.40. The summed E-state index contributed by atoms with van der Waals surface area (Å²) in [7, 11) is 0. The number of hydrogen-bond acceptors (Lipinski definition) is 2. The van der Waals surface area contributed by atoms with E-state index in [0.29, 0.717) is 0 Å². The van der Waals surface area contributed by atoms with Crippen LogP contribution in [0.15, 0.2) is 0 Å². The largest absolute Gasteiger partial charge is 0.314 e. The molecule has 2 heteroatoms. The average Bonchev–Trinajstić information content (AvgIpc) is 2.63. The second kappa shape index (κ2) is 5.55. The maximum absolute atomic E-state index is 3.32. The second-order valence-corrected chi connectivity index (χ2v) is 3.99. The fraction of sp³-hybridized carbons (Fsp3) is 1.00. The van der Waals surface area contributed by atoms with E-state index in [4.69, 9.17) is 0 Å². The first-order valence-corrected chi connectivity index (χ1v) is 5.26. The van der Waals surface area contributed by atoms with Crippen LogP contribution in [0.25, 0.3) is 0 Å². The first-order valence-electron chi connectivity index (χ1n) is 5.26. The highest BCUT2D eigenvalue weighted by atomic mass is 14.9. The van der Waals surface area contributed by atoms with Crippen LogP contribution >= 0.6 is 0 Å².